The van der Waals surface area contributed by atoms with E-state index in [1.54, 1.807) is 6.26 Å². The molecule has 7 nitrogen and oxygen atoms in total. The molecule has 0 fully saturated rings. The second kappa shape index (κ2) is 7.95. The summed E-state index contributed by atoms with van der Waals surface area (Å²) in [6.07, 6.45) is 5.58. The molecule has 0 saturated carbocycles. The summed E-state index contributed by atoms with van der Waals surface area (Å²) < 4.78 is 11.9. The first-order valence-corrected chi connectivity index (χ1v) is 9.55. The van der Waals surface area contributed by atoms with Crippen LogP contribution >= 0.6 is 12.2 Å². The third kappa shape index (κ3) is 3.69. The molecule has 0 aliphatic heterocycles. The largest absolute Gasteiger partial charge is 0.461 e. The van der Waals surface area contributed by atoms with Crippen LogP contribution in [0.1, 0.15) is 12.5 Å². The molecule has 3 heterocycles. The van der Waals surface area contributed by atoms with Crippen LogP contribution in [0, 0.1) is 4.77 Å². The second-order valence-corrected chi connectivity index (χ2v) is 6.98. The number of hydrogen-bond acceptors (Lipinski definition) is 5. The molecule has 0 radical (unpaired) electrons. The van der Waals surface area contributed by atoms with Gasteiger partial charge in [-0.25, -0.2) is 9.36 Å². The van der Waals surface area contributed by atoms with E-state index < -0.39 is 0 Å². The predicted molar refractivity (Wildman–Crippen MR) is 109 cm³/mol. The van der Waals surface area contributed by atoms with Gasteiger partial charge in [-0.3, -0.25) is 9.47 Å². The summed E-state index contributed by atoms with van der Waals surface area (Å²) in [6.45, 7) is 4.11. The topological polar surface area (TPSA) is 57.0 Å². The van der Waals surface area contributed by atoms with Crippen molar-refractivity contribution in [3.63, 3.8) is 0 Å². The number of para-hydroxylation sites is 1. The van der Waals surface area contributed by atoms with Crippen molar-refractivity contribution in [3.8, 4) is 17.3 Å². The minimum Gasteiger partial charge on any atom is -0.461 e. The van der Waals surface area contributed by atoms with Crippen LogP contribution in [0.2, 0.25) is 0 Å². The van der Waals surface area contributed by atoms with Crippen molar-refractivity contribution in [3.05, 3.63) is 71.5 Å². The Morgan fingerprint density at radius 2 is 1.96 bits per heavy atom. The van der Waals surface area contributed by atoms with Gasteiger partial charge < -0.3 is 4.42 Å². The number of aromatic nitrogens is 5. The highest BCUT2D eigenvalue weighted by atomic mass is 32.1. The van der Waals surface area contributed by atoms with E-state index in [9.17, 15) is 0 Å². The van der Waals surface area contributed by atoms with E-state index in [-0.39, 0.29) is 0 Å². The van der Waals surface area contributed by atoms with E-state index in [2.05, 4.69) is 22.0 Å². The van der Waals surface area contributed by atoms with Crippen molar-refractivity contribution in [1.29, 1.82) is 0 Å². The van der Waals surface area contributed by atoms with E-state index in [0.29, 0.717) is 11.4 Å². The van der Waals surface area contributed by atoms with Crippen molar-refractivity contribution in [1.82, 2.24) is 29.0 Å². The zero-order chi connectivity index (χ0) is 19.5. The Hall–Kier alpha value is -2.97. The maximum absolute atomic E-state index is 5.62. The molecule has 3 aromatic heterocycles. The molecule has 0 unspecified atom stereocenters. The number of benzene rings is 1. The van der Waals surface area contributed by atoms with Crippen LogP contribution in [0.5, 0.6) is 0 Å². The maximum atomic E-state index is 5.62. The average molecular weight is 395 g/mol. The fourth-order valence-corrected chi connectivity index (χ4v) is 3.47. The third-order valence-corrected chi connectivity index (χ3v) is 4.90. The molecule has 0 N–H and O–H groups in total. The first kappa shape index (κ1) is 18.4. The number of nitrogens with zero attached hydrogens (tertiary/aromatic N) is 6. The molecule has 4 aromatic rings. The first-order chi connectivity index (χ1) is 13.7. The summed E-state index contributed by atoms with van der Waals surface area (Å²) in [4.78, 5) is 2.15. The van der Waals surface area contributed by atoms with E-state index in [1.165, 1.54) is 0 Å². The molecule has 0 aliphatic rings. The Morgan fingerprint density at radius 3 is 2.68 bits per heavy atom. The van der Waals surface area contributed by atoms with Gasteiger partial charge in [0.1, 0.15) is 0 Å². The molecule has 4 rings (SSSR count). The van der Waals surface area contributed by atoms with Gasteiger partial charge in [-0.1, -0.05) is 18.2 Å². The Morgan fingerprint density at radius 1 is 1.14 bits per heavy atom. The summed E-state index contributed by atoms with van der Waals surface area (Å²) in [5, 5.41) is 9.14. The van der Waals surface area contributed by atoms with Crippen LogP contribution in [0.15, 0.2) is 65.5 Å². The van der Waals surface area contributed by atoms with Crippen LogP contribution in [0.25, 0.3) is 17.3 Å². The van der Waals surface area contributed by atoms with Gasteiger partial charge in [-0.15, -0.1) is 5.10 Å². The molecule has 28 heavy (non-hydrogen) atoms. The number of hydrogen-bond donors (Lipinski definition) is 0. The van der Waals surface area contributed by atoms with Crippen molar-refractivity contribution >= 4 is 12.2 Å². The van der Waals surface area contributed by atoms with Gasteiger partial charge >= 0.3 is 0 Å². The zero-order valence-electron chi connectivity index (χ0n) is 15.9. The molecular formula is C20H22N6OS. The predicted octanol–water partition coefficient (Wildman–Crippen LogP) is 3.97. The Balaban J connectivity index is 1.49. The minimum absolute atomic E-state index is 0.579. The van der Waals surface area contributed by atoms with Crippen molar-refractivity contribution in [2.24, 2.45) is 0 Å². The van der Waals surface area contributed by atoms with E-state index in [4.69, 9.17) is 16.6 Å². The second-order valence-electron chi connectivity index (χ2n) is 6.61. The van der Waals surface area contributed by atoms with Gasteiger partial charge in [0, 0.05) is 24.8 Å². The van der Waals surface area contributed by atoms with E-state index in [0.717, 1.165) is 35.9 Å². The van der Waals surface area contributed by atoms with E-state index >= 15 is 0 Å². The van der Waals surface area contributed by atoms with E-state index in [1.807, 2.05) is 75.8 Å². The fourth-order valence-electron chi connectivity index (χ4n) is 3.16. The van der Waals surface area contributed by atoms with Crippen molar-refractivity contribution in [2.45, 2.75) is 26.7 Å². The van der Waals surface area contributed by atoms with Crippen LogP contribution in [0.4, 0.5) is 0 Å². The van der Waals surface area contributed by atoms with Gasteiger partial charge in [-0.2, -0.15) is 5.10 Å². The number of furan rings is 1. The molecule has 8 heteroatoms. The maximum Gasteiger partial charge on any atom is 0.199 e. The van der Waals surface area contributed by atoms with Crippen molar-refractivity contribution in [2.75, 3.05) is 7.05 Å². The average Bonchev–Trinajstić information content (AvgIpc) is 3.44. The molecule has 0 bridgehead atoms. The Labute approximate surface area is 168 Å². The lowest BCUT2D eigenvalue weighted by atomic mass is 10.3. The molecular weight excluding hydrogens is 372 g/mol. The van der Waals surface area contributed by atoms with Gasteiger partial charge in [0.05, 0.1) is 24.8 Å². The summed E-state index contributed by atoms with van der Waals surface area (Å²) >= 11 is 5.62. The standard InChI is InChI=1S/C20H22N6OS/c1-3-24-19(18-10-7-11-27-18)22-26(20(24)28)15-23(2)13-16-12-21-25(14-16)17-8-5-4-6-9-17/h4-12,14H,3,13,15H2,1-2H3. The van der Waals surface area contributed by atoms with Gasteiger partial charge in [0.2, 0.25) is 0 Å². The summed E-state index contributed by atoms with van der Waals surface area (Å²) in [7, 11) is 2.04. The zero-order valence-corrected chi connectivity index (χ0v) is 16.7. The SMILES string of the molecule is CCn1c(-c2ccco2)nn(CN(C)Cc2cnn(-c3ccccc3)c2)c1=S. The normalized spacial score (nSPS) is 11.4. The Kier molecular flexibility index (Phi) is 5.23. The number of rotatable bonds is 7. The minimum atomic E-state index is 0.579. The summed E-state index contributed by atoms with van der Waals surface area (Å²) in [6, 6.07) is 13.8. The molecule has 144 valence electrons. The van der Waals surface area contributed by atoms with Crippen LogP contribution in [0.3, 0.4) is 0 Å². The van der Waals surface area contributed by atoms with Gasteiger partial charge in [0.15, 0.2) is 16.4 Å². The monoisotopic (exact) mass is 394 g/mol. The first-order valence-electron chi connectivity index (χ1n) is 9.14. The quantitative estimate of drug-likeness (QED) is 0.444. The molecule has 0 spiro atoms. The van der Waals surface area contributed by atoms with Gasteiger partial charge in [-0.05, 0) is 50.5 Å². The lowest BCUT2D eigenvalue weighted by Gasteiger charge is -2.15. The summed E-state index contributed by atoms with van der Waals surface area (Å²) in [5.74, 6) is 1.47. The fraction of sp³-hybridized carbons (Fsp3) is 0.250. The highest BCUT2D eigenvalue weighted by Gasteiger charge is 2.15. The Bertz CT molecular complexity index is 1090. The van der Waals surface area contributed by atoms with Crippen LogP contribution in [-0.4, -0.2) is 36.1 Å². The van der Waals surface area contributed by atoms with Crippen molar-refractivity contribution < 1.29 is 4.42 Å². The molecule has 0 atom stereocenters. The summed E-state index contributed by atoms with van der Waals surface area (Å²) in [5.41, 5.74) is 2.17. The smallest absolute Gasteiger partial charge is 0.199 e. The molecule has 1 aromatic carbocycles. The lowest BCUT2D eigenvalue weighted by molar-refractivity contribution is 0.244. The van der Waals surface area contributed by atoms with Gasteiger partial charge in [0.25, 0.3) is 0 Å². The lowest BCUT2D eigenvalue weighted by Crippen LogP contribution is -2.22. The molecule has 0 saturated heterocycles. The third-order valence-electron chi connectivity index (χ3n) is 4.47. The van der Waals surface area contributed by atoms with Crippen LogP contribution in [-0.2, 0) is 19.8 Å². The highest BCUT2D eigenvalue weighted by molar-refractivity contribution is 7.71. The van der Waals surface area contributed by atoms with Crippen LogP contribution < -0.4 is 0 Å². The highest BCUT2D eigenvalue weighted by Crippen LogP contribution is 2.19. The molecule has 0 amide bonds. The molecule has 0 aliphatic carbocycles.